The van der Waals surface area contributed by atoms with Crippen molar-refractivity contribution in [3.05, 3.63) is 72.3 Å². The van der Waals surface area contributed by atoms with E-state index in [9.17, 15) is 18.3 Å². The molecule has 0 unspecified atom stereocenters. The molecule has 1 aliphatic rings. The summed E-state index contributed by atoms with van der Waals surface area (Å²) in [6.07, 6.45) is 8.18. The van der Waals surface area contributed by atoms with E-state index in [1.54, 1.807) is 16.9 Å². The first-order valence-electron chi connectivity index (χ1n) is 11.2. The van der Waals surface area contributed by atoms with Crippen LogP contribution in [0.1, 0.15) is 34.6 Å². The number of ketones is 1. The molecule has 1 saturated carbocycles. The van der Waals surface area contributed by atoms with Gasteiger partial charge in [-0.2, -0.15) is 13.5 Å². The Hall–Kier alpha value is -3.72. The van der Waals surface area contributed by atoms with Crippen molar-refractivity contribution in [1.29, 1.82) is 0 Å². The lowest BCUT2D eigenvalue weighted by Gasteiger charge is -2.15. The second-order valence-electron chi connectivity index (χ2n) is 8.63. The topological polar surface area (TPSA) is 180 Å². The number of carbonyl (C=O) groups is 1. The molecule has 13 nitrogen and oxygen atoms in total. The van der Waals surface area contributed by atoms with Crippen LogP contribution in [0.4, 0.5) is 5.82 Å². The fourth-order valence-corrected chi connectivity index (χ4v) is 4.69. The van der Waals surface area contributed by atoms with E-state index in [2.05, 4.69) is 29.6 Å². The highest BCUT2D eigenvalue weighted by Crippen LogP contribution is 2.30. The van der Waals surface area contributed by atoms with Crippen LogP contribution in [0.3, 0.4) is 0 Å². The maximum atomic E-state index is 13.2. The van der Waals surface area contributed by atoms with E-state index in [4.69, 9.17) is 5.14 Å². The molecule has 0 aliphatic heterocycles. The number of nitrogens with two attached hydrogens (primary N) is 1. The molecule has 4 aromatic heterocycles. The van der Waals surface area contributed by atoms with Crippen molar-refractivity contribution in [1.82, 2.24) is 29.1 Å². The van der Waals surface area contributed by atoms with Gasteiger partial charge in [-0.1, -0.05) is 6.07 Å². The van der Waals surface area contributed by atoms with Gasteiger partial charge in [-0.15, -0.1) is 0 Å². The van der Waals surface area contributed by atoms with Crippen LogP contribution in [0.15, 0.2) is 55.4 Å². The van der Waals surface area contributed by atoms with Crippen molar-refractivity contribution < 1.29 is 22.5 Å². The van der Waals surface area contributed by atoms with Gasteiger partial charge in [0, 0.05) is 36.7 Å². The Morgan fingerprint density at radius 3 is 2.92 bits per heavy atom. The summed E-state index contributed by atoms with van der Waals surface area (Å²) in [5.41, 5.74) is 2.08. The standard InChI is InChI=1S/C22H24N8O5S/c23-36(33,34)35-12-14-7-15(8-19(14)31)27-22-17(9-24-13-25-22)21(32)18-4-6-30(28-18)11-16-10-29-5-2-1-3-20(29)26-16/h1-6,9-10,13-15,19,31H,7-8,11-12H2,(H2,23,33,34)(H,24,25,27)/t14-,15-,19+/m1/s1. The Morgan fingerprint density at radius 2 is 2.11 bits per heavy atom. The van der Waals surface area contributed by atoms with Crippen molar-refractivity contribution in [2.75, 3.05) is 11.9 Å². The summed E-state index contributed by atoms with van der Waals surface area (Å²) >= 11 is 0. The Balaban J connectivity index is 1.27. The molecule has 36 heavy (non-hydrogen) atoms. The van der Waals surface area contributed by atoms with Gasteiger partial charge < -0.3 is 14.8 Å². The van der Waals surface area contributed by atoms with Gasteiger partial charge >= 0.3 is 10.3 Å². The number of fused-ring (bicyclic) bond motifs is 1. The van der Waals surface area contributed by atoms with Gasteiger partial charge in [-0.25, -0.2) is 20.1 Å². The van der Waals surface area contributed by atoms with E-state index in [0.717, 1.165) is 11.3 Å². The summed E-state index contributed by atoms with van der Waals surface area (Å²) < 4.78 is 30.3. The van der Waals surface area contributed by atoms with Gasteiger partial charge in [-0.05, 0) is 31.0 Å². The lowest BCUT2D eigenvalue weighted by molar-refractivity contribution is 0.101. The second kappa shape index (κ2) is 9.73. The predicted molar refractivity (Wildman–Crippen MR) is 127 cm³/mol. The molecule has 0 amide bonds. The van der Waals surface area contributed by atoms with Crippen molar-refractivity contribution in [2.24, 2.45) is 11.1 Å². The van der Waals surface area contributed by atoms with Crippen LogP contribution in [0, 0.1) is 5.92 Å². The molecule has 14 heteroatoms. The van der Waals surface area contributed by atoms with Gasteiger partial charge in [0.05, 0.1) is 30.5 Å². The number of aliphatic hydroxyl groups excluding tert-OH is 1. The van der Waals surface area contributed by atoms with E-state index in [1.165, 1.54) is 12.5 Å². The summed E-state index contributed by atoms with van der Waals surface area (Å²) in [6.45, 7) is 0.171. The van der Waals surface area contributed by atoms with Crippen LogP contribution in [-0.4, -0.2) is 67.2 Å². The average molecular weight is 513 g/mol. The zero-order chi connectivity index (χ0) is 25.3. The third kappa shape index (κ3) is 5.41. The molecule has 188 valence electrons. The number of aliphatic hydroxyl groups is 1. The molecule has 3 atom stereocenters. The van der Waals surface area contributed by atoms with Crippen molar-refractivity contribution >= 4 is 27.6 Å². The molecule has 5 rings (SSSR count). The zero-order valence-corrected chi connectivity index (χ0v) is 19.8. The SMILES string of the molecule is NS(=O)(=O)OC[C@H]1C[C@@H](Nc2ncncc2C(=O)c2ccn(Cc3cn4ccccc4n3)n2)C[C@@H]1O. The molecular weight excluding hydrogens is 488 g/mol. The number of nitrogens with zero attached hydrogens (tertiary/aromatic N) is 6. The minimum absolute atomic E-state index is 0.225. The summed E-state index contributed by atoms with van der Waals surface area (Å²) in [6, 6.07) is 7.10. The normalized spacial score (nSPS) is 20.1. The molecule has 0 spiro atoms. The van der Waals surface area contributed by atoms with E-state index in [-0.39, 0.29) is 29.7 Å². The zero-order valence-electron chi connectivity index (χ0n) is 19.0. The fraction of sp³-hybridized carbons (Fsp3) is 0.318. The summed E-state index contributed by atoms with van der Waals surface area (Å²) in [4.78, 5) is 26.0. The third-order valence-electron chi connectivity index (χ3n) is 6.01. The summed E-state index contributed by atoms with van der Waals surface area (Å²) in [5.74, 6) is -0.494. The molecule has 0 bridgehead atoms. The lowest BCUT2D eigenvalue weighted by Crippen LogP contribution is -2.24. The van der Waals surface area contributed by atoms with E-state index < -0.39 is 22.3 Å². The van der Waals surface area contributed by atoms with Crippen LogP contribution < -0.4 is 10.5 Å². The van der Waals surface area contributed by atoms with Crippen LogP contribution in [-0.2, 0) is 21.0 Å². The molecule has 0 radical (unpaired) electrons. The number of carbonyl (C=O) groups excluding carboxylic acids is 1. The molecule has 4 N–H and O–H groups in total. The third-order valence-corrected chi connectivity index (χ3v) is 6.48. The van der Waals surface area contributed by atoms with E-state index in [1.807, 2.05) is 35.0 Å². The largest absolute Gasteiger partial charge is 0.393 e. The summed E-state index contributed by atoms with van der Waals surface area (Å²) in [7, 11) is -4.10. The highest BCUT2D eigenvalue weighted by Gasteiger charge is 2.34. The lowest BCUT2D eigenvalue weighted by atomic mass is 10.1. The Kier molecular flexibility index (Phi) is 6.49. The number of aromatic nitrogens is 6. The number of nitrogens with one attached hydrogen (secondary N) is 1. The van der Waals surface area contributed by atoms with Crippen LogP contribution >= 0.6 is 0 Å². The number of imidazole rings is 1. The number of anilines is 1. The van der Waals surface area contributed by atoms with Crippen LogP contribution in [0.5, 0.6) is 0 Å². The van der Waals surface area contributed by atoms with Gasteiger partial charge in [-0.3, -0.25) is 13.7 Å². The Labute approximate surface area is 206 Å². The molecule has 0 saturated heterocycles. The van der Waals surface area contributed by atoms with Crippen LogP contribution in [0.2, 0.25) is 0 Å². The highest BCUT2D eigenvalue weighted by atomic mass is 32.2. The first kappa shape index (κ1) is 24.0. The number of hydrogen-bond donors (Lipinski definition) is 3. The number of rotatable bonds is 9. The van der Waals surface area contributed by atoms with Crippen molar-refractivity contribution in [2.45, 2.75) is 31.5 Å². The predicted octanol–water partition coefficient (Wildman–Crippen LogP) is 0.372. The molecule has 1 fully saturated rings. The van der Waals surface area contributed by atoms with Gasteiger partial charge in [0.1, 0.15) is 23.5 Å². The monoisotopic (exact) mass is 512 g/mol. The van der Waals surface area contributed by atoms with E-state index in [0.29, 0.717) is 25.2 Å². The molecule has 4 aromatic rings. The minimum atomic E-state index is -4.10. The summed E-state index contributed by atoms with van der Waals surface area (Å²) in [5, 5.41) is 22.7. The highest BCUT2D eigenvalue weighted by molar-refractivity contribution is 7.84. The first-order valence-corrected chi connectivity index (χ1v) is 12.6. The Bertz CT molecular complexity index is 1470. The first-order chi connectivity index (χ1) is 17.2. The van der Waals surface area contributed by atoms with Crippen molar-refractivity contribution in [3.8, 4) is 0 Å². The Morgan fingerprint density at radius 1 is 1.25 bits per heavy atom. The fourth-order valence-electron chi connectivity index (χ4n) is 4.32. The molecule has 0 aromatic carbocycles. The quantitative estimate of drug-likeness (QED) is 0.265. The van der Waals surface area contributed by atoms with E-state index >= 15 is 0 Å². The second-order valence-corrected chi connectivity index (χ2v) is 9.85. The minimum Gasteiger partial charge on any atom is -0.393 e. The van der Waals surface area contributed by atoms with Gasteiger partial charge in [0.2, 0.25) is 5.78 Å². The molecule has 1 aliphatic carbocycles. The van der Waals surface area contributed by atoms with Gasteiger partial charge in [0.15, 0.2) is 0 Å². The molecular formula is C22H24N8O5S. The van der Waals surface area contributed by atoms with Crippen molar-refractivity contribution in [3.63, 3.8) is 0 Å². The van der Waals surface area contributed by atoms with Gasteiger partial charge in [0.25, 0.3) is 0 Å². The average Bonchev–Trinajstić information content (AvgIpc) is 3.55. The van der Waals surface area contributed by atoms with Crippen LogP contribution in [0.25, 0.3) is 5.65 Å². The maximum Gasteiger partial charge on any atom is 0.333 e. The number of pyridine rings is 1. The molecule has 4 heterocycles. The smallest absolute Gasteiger partial charge is 0.333 e. The number of hydrogen-bond acceptors (Lipinski definition) is 10. The maximum absolute atomic E-state index is 13.2.